The predicted octanol–water partition coefficient (Wildman–Crippen LogP) is 2.85. The largest absolute Gasteiger partial charge is 0.379 e. The molecule has 2 aromatic rings. The Kier molecular flexibility index (Phi) is 7.21. The quantitative estimate of drug-likeness (QED) is 0.698. The molecule has 5 nitrogen and oxygen atoms in total. The molecule has 1 aliphatic rings. The van der Waals surface area contributed by atoms with Crippen molar-refractivity contribution in [3.63, 3.8) is 0 Å². The zero-order chi connectivity index (χ0) is 17.3. The molecule has 1 N–H and O–H groups in total. The molecule has 1 aliphatic heterocycles. The Morgan fingerprint density at radius 2 is 2.04 bits per heavy atom. The summed E-state index contributed by atoms with van der Waals surface area (Å²) in [6.45, 7) is 5.51. The van der Waals surface area contributed by atoms with E-state index >= 15 is 0 Å². The van der Waals surface area contributed by atoms with Crippen LogP contribution in [-0.2, 0) is 16.0 Å². The maximum atomic E-state index is 11.9. The van der Waals surface area contributed by atoms with Crippen molar-refractivity contribution in [3.8, 4) is 0 Å². The van der Waals surface area contributed by atoms with Crippen molar-refractivity contribution < 1.29 is 9.53 Å². The van der Waals surface area contributed by atoms with Gasteiger partial charge in [-0.25, -0.2) is 4.98 Å². The molecule has 1 fully saturated rings. The van der Waals surface area contributed by atoms with Crippen LogP contribution in [-0.4, -0.2) is 55.2 Å². The number of thiazole rings is 1. The molecule has 1 saturated heterocycles. The van der Waals surface area contributed by atoms with E-state index in [1.807, 2.05) is 12.1 Å². The minimum Gasteiger partial charge on any atom is -0.379 e. The van der Waals surface area contributed by atoms with Crippen molar-refractivity contribution >= 4 is 27.5 Å². The summed E-state index contributed by atoms with van der Waals surface area (Å²) in [7, 11) is 0. The van der Waals surface area contributed by atoms with Crippen LogP contribution in [0.15, 0.2) is 24.3 Å². The van der Waals surface area contributed by atoms with Crippen LogP contribution in [0.5, 0.6) is 0 Å². The summed E-state index contributed by atoms with van der Waals surface area (Å²) in [5.74, 6) is 0.172. The third-order valence-electron chi connectivity index (χ3n) is 4.46. The summed E-state index contributed by atoms with van der Waals surface area (Å²) >= 11 is 1.76. The van der Waals surface area contributed by atoms with Gasteiger partial charge in [0.2, 0.25) is 5.91 Å². The summed E-state index contributed by atoms with van der Waals surface area (Å²) < 4.78 is 6.58. The van der Waals surface area contributed by atoms with Crippen LogP contribution in [0.2, 0.25) is 0 Å². The molecule has 0 bridgehead atoms. The van der Waals surface area contributed by atoms with Gasteiger partial charge >= 0.3 is 0 Å². The van der Waals surface area contributed by atoms with Crippen molar-refractivity contribution in [2.45, 2.75) is 32.1 Å². The van der Waals surface area contributed by atoms with E-state index in [1.165, 1.54) is 9.71 Å². The number of aryl methyl sites for hydroxylation is 1. The monoisotopic (exact) mass is 361 g/mol. The fraction of sp³-hybridized carbons (Fsp3) is 0.579. The topological polar surface area (TPSA) is 54.5 Å². The maximum Gasteiger partial charge on any atom is 0.219 e. The van der Waals surface area contributed by atoms with E-state index in [2.05, 4.69) is 27.3 Å². The Bertz CT molecular complexity index is 634. The molecule has 0 atom stereocenters. The van der Waals surface area contributed by atoms with E-state index in [0.29, 0.717) is 6.42 Å². The van der Waals surface area contributed by atoms with Gasteiger partial charge in [-0.15, -0.1) is 11.3 Å². The van der Waals surface area contributed by atoms with Crippen LogP contribution in [0.25, 0.3) is 10.2 Å². The number of rotatable bonds is 9. The van der Waals surface area contributed by atoms with Crippen LogP contribution in [0.3, 0.4) is 0 Å². The van der Waals surface area contributed by atoms with Crippen molar-refractivity contribution in [3.05, 3.63) is 29.3 Å². The SMILES string of the molecule is O=C(CCCCc1nc2ccccc2s1)NCCCN1CCOCC1. The van der Waals surface area contributed by atoms with E-state index in [9.17, 15) is 4.79 Å². The second kappa shape index (κ2) is 9.85. The molecule has 136 valence electrons. The first-order valence-electron chi connectivity index (χ1n) is 9.22. The van der Waals surface area contributed by atoms with Gasteiger partial charge in [-0.05, 0) is 44.4 Å². The molecular weight excluding hydrogens is 334 g/mol. The Balaban J connectivity index is 1.24. The molecular formula is C19H27N3O2S. The third-order valence-corrected chi connectivity index (χ3v) is 5.56. The van der Waals surface area contributed by atoms with Gasteiger partial charge in [-0.2, -0.15) is 0 Å². The molecule has 3 rings (SSSR count). The predicted molar refractivity (Wildman–Crippen MR) is 102 cm³/mol. The Morgan fingerprint density at radius 3 is 2.88 bits per heavy atom. The second-order valence-corrected chi connectivity index (χ2v) is 7.56. The number of hydrogen-bond donors (Lipinski definition) is 1. The fourth-order valence-electron chi connectivity index (χ4n) is 3.03. The van der Waals surface area contributed by atoms with Crippen molar-refractivity contribution in [1.29, 1.82) is 0 Å². The van der Waals surface area contributed by atoms with Gasteiger partial charge in [0, 0.05) is 26.1 Å². The minimum absolute atomic E-state index is 0.172. The number of fused-ring (bicyclic) bond motifs is 1. The standard InChI is InChI=1S/C19H27N3O2S/c23-18(20-10-5-11-22-12-14-24-15-13-22)8-3-4-9-19-21-16-6-1-2-7-17(16)25-19/h1-2,6-7H,3-5,8-15H2,(H,20,23). The van der Waals surface area contributed by atoms with Gasteiger partial charge in [0.15, 0.2) is 0 Å². The molecule has 0 aliphatic carbocycles. The van der Waals surface area contributed by atoms with Crippen molar-refractivity contribution in [1.82, 2.24) is 15.2 Å². The molecule has 25 heavy (non-hydrogen) atoms. The molecule has 2 heterocycles. The number of hydrogen-bond acceptors (Lipinski definition) is 5. The van der Waals surface area contributed by atoms with Gasteiger partial charge in [0.25, 0.3) is 0 Å². The van der Waals surface area contributed by atoms with Crippen LogP contribution < -0.4 is 5.32 Å². The number of unbranched alkanes of at least 4 members (excludes halogenated alkanes) is 1. The first-order chi connectivity index (χ1) is 12.3. The highest BCUT2D eigenvalue weighted by Crippen LogP contribution is 2.22. The van der Waals surface area contributed by atoms with E-state index < -0.39 is 0 Å². The van der Waals surface area contributed by atoms with E-state index in [4.69, 9.17) is 4.74 Å². The molecule has 1 amide bonds. The molecule has 1 aromatic heterocycles. The molecule has 0 unspecified atom stereocenters. The number of nitrogens with zero attached hydrogens (tertiary/aromatic N) is 2. The highest BCUT2D eigenvalue weighted by Gasteiger charge is 2.09. The lowest BCUT2D eigenvalue weighted by molar-refractivity contribution is -0.121. The first-order valence-corrected chi connectivity index (χ1v) is 10.0. The molecule has 6 heteroatoms. The minimum atomic E-state index is 0.172. The van der Waals surface area contributed by atoms with Crippen LogP contribution in [0.1, 0.15) is 30.7 Å². The van der Waals surface area contributed by atoms with E-state index in [0.717, 1.165) is 70.6 Å². The lowest BCUT2D eigenvalue weighted by Crippen LogP contribution is -2.38. The number of morpholine rings is 1. The van der Waals surface area contributed by atoms with Crippen LogP contribution in [0.4, 0.5) is 0 Å². The number of carbonyl (C=O) groups excluding carboxylic acids is 1. The van der Waals surface area contributed by atoms with Gasteiger partial charge in [0.05, 0.1) is 28.4 Å². The summed E-state index contributed by atoms with van der Waals surface area (Å²) in [6, 6.07) is 8.24. The molecule has 0 radical (unpaired) electrons. The smallest absolute Gasteiger partial charge is 0.219 e. The maximum absolute atomic E-state index is 11.9. The average Bonchev–Trinajstić information content (AvgIpc) is 3.06. The Labute approximate surface area is 153 Å². The summed E-state index contributed by atoms with van der Waals surface area (Å²) in [5, 5.41) is 4.21. The van der Waals surface area contributed by atoms with Crippen LogP contribution >= 0.6 is 11.3 Å². The zero-order valence-corrected chi connectivity index (χ0v) is 15.5. The third kappa shape index (κ3) is 6.06. The summed E-state index contributed by atoms with van der Waals surface area (Å²) in [6.07, 6.45) is 4.52. The zero-order valence-electron chi connectivity index (χ0n) is 14.7. The number of ether oxygens (including phenoxy) is 1. The lowest BCUT2D eigenvalue weighted by atomic mass is 10.2. The summed E-state index contributed by atoms with van der Waals surface area (Å²) in [5.41, 5.74) is 1.08. The second-order valence-electron chi connectivity index (χ2n) is 6.44. The Hall–Kier alpha value is -1.50. The number of para-hydroxylation sites is 1. The lowest BCUT2D eigenvalue weighted by Gasteiger charge is -2.26. The average molecular weight is 362 g/mol. The van der Waals surface area contributed by atoms with Crippen molar-refractivity contribution in [2.24, 2.45) is 0 Å². The van der Waals surface area contributed by atoms with Gasteiger partial charge in [-0.3, -0.25) is 9.69 Å². The van der Waals surface area contributed by atoms with Gasteiger partial charge in [0.1, 0.15) is 0 Å². The fourth-order valence-corrected chi connectivity index (χ4v) is 4.04. The number of benzene rings is 1. The van der Waals surface area contributed by atoms with E-state index in [1.54, 1.807) is 11.3 Å². The van der Waals surface area contributed by atoms with Gasteiger partial charge in [-0.1, -0.05) is 12.1 Å². The highest BCUT2D eigenvalue weighted by molar-refractivity contribution is 7.18. The summed E-state index contributed by atoms with van der Waals surface area (Å²) in [4.78, 5) is 18.9. The van der Waals surface area contributed by atoms with Gasteiger partial charge < -0.3 is 10.1 Å². The first kappa shape index (κ1) is 18.3. The number of aromatic nitrogens is 1. The molecule has 1 aromatic carbocycles. The van der Waals surface area contributed by atoms with Crippen molar-refractivity contribution in [2.75, 3.05) is 39.4 Å². The number of nitrogens with one attached hydrogen (secondary N) is 1. The highest BCUT2D eigenvalue weighted by atomic mass is 32.1. The number of amides is 1. The normalized spacial score (nSPS) is 15.5. The van der Waals surface area contributed by atoms with Crippen LogP contribution in [0, 0.1) is 0 Å². The molecule has 0 spiro atoms. The molecule has 0 saturated carbocycles. The Morgan fingerprint density at radius 1 is 1.20 bits per heavy atom. The number of carbonyl (C=O) groups is 1. The van der Waals surface area contributed by atoms with E-state index in [-0.39, 0.29) is 5.91 Å².